The van der Waals surface area contributed by atoms with E-state index in [9.17, 15) is 4.79 Å². The van der Waals surface area contributed by atoms with Crippen LogP contribution in [0.3, 0.4) is 0 Å². The van der Waals surface area contributed by atoms with Crippen molar-refractivity contribution in [3.63, 3.8) is 0 Å². The van der Waals surface area contributed by atoms with Gasteiger partial charge in [-0.1, -0.05) is 24.6 Å². The van der Waals surface area contributed by atoms with Crippen molar-refractivity contribution in [2.24, 2.45) is 0 Å². The first-order valence-electron chi connectivity index (χ1n) is 8.68. The Morgan fingerprint density at radius 2 is 2.12 bits per heavy atom. The second kappa shape index (κ2) is 7.88. The van der Waals surface area contributed by atoms with Crippen molar-refractivity contribution in [1.29, 1.82) is 0 Å². The Morgan fingerprint density at radius 1 is 1.33 bits per heavy atom. The van der Waals surface area contributed by atoms with Crippen LogP contribution in [0.15, 0.2) is 47.6 Å². The average Bonchev–Trinajstić information content (AvgIpc) is 3.10. The van der Waals surface area contributed by atoms with Crippen LogP contribution in [0.1, 0.15) is 37.8 Å². The first-order valence-corrected chi connectivity index (χ1v) is 9.56. The summed E-state index contributed by atoms with van der Waals surface area (Å²) in [6.45, 7) is 5.87. The molecule has 0 bridgehead atoms. The van der Waals surface area contributed by atoms with Crippen molar-refractivity contribution in [2.45, 2.75) is 49.3 Å². The van der Waals surface area contributed by atoms with Gasteiger partial charge in [0.15, 0.2) is 0 Å². The van der Waals surface area contributed by atoms with E-state index in [1.54, 1.807) is 10.9 Å². The Bertz CT molecular complexity index is 663. The number of piperidine rings is 1. The summed E-state index contributed by atoms with van der Waals surface area (Å²) in [6, 6.07) is 10.4. The number of likely N-dealkylation sites (tertiary alicyclic amines) is 1. The summed E-state index contributed by atoms with van der Waals surface area (Å²) >= 11 is 1.95. The molecule has 2 heterocycles. The second-order valence-corrected chi connectivity index (χ2v) is 7.74. The van der Waals surface area contributed by atoms with Gasteiger partial charge in [-0.3, -0.25) is 9.48 Å². The zero-order chi connectivity index (χ0) is 16.9. The molecule has 0 saturated carbocycles. The lowest BCUT2D eigenvalue weighted by molar-refractivity contribution is -0.136. The molecule has 128 valence electrons. The molecule has 1 aromatic heterocycles. The minimum absolute atomic E-state index is 0.166. The number of thioether (sulfide) groups is 1. The molecule has 1 aliphatic rings. The maximum atomic E-state index is 12.8. The van der Waals surface area contributed by atoms with E-state index in [0.29, 0.717) is 5.25 Å². The number of amides is 1. The smallest absolute Gasteiger partial charge is 0.247 e. The SMILES string of the molecule is CCC(C(=O)N1CCC(Sc2cccc(C)c2)CC1)n1cccn1. The number of rotatable bonds is 5. The van der Waals surface area contributed by atoms with Gasteiger partial charge in [0.1, 0.15) is 6.04 Å². The molecule has 2 aromatic rings. The van der Waals surface area contributed by atoms with Crippen LogP contribution in [0.2, 0.25) is 0 Å². The van der Waals surface area contributed by atoms with E-state index >= 15 is 0 Å². The standard InChI is InChI=1S/C19H25N3OS/c1-3-18(22-11-5-10-20-22)19(23)21-12-8-16(9-13-21)24-17-7-4-6-15(2)14-17/h4-7,10-11,14,16,18H,3,8-9,12-13H2,1-2H3. The maximum Gasteiger partial charge on any atom is 0.247 e. The van der Waals surface area contributed by atoms with E-state index in [4.69, 9.17) is 0 Å². The van der Waals surface area contributed by atoms with E-state index < -0.39 is 0 Å². The van der Waals surface area contributed by atoms with Gasteiger partial charge in [-0.15, -0.1) is 11.8 Å². The molecule has 1 aliphatic heterocycles. The van der Waals surface area contributed by atoms with Crippen LogP contribution in [0.5, 0.6) is 0 Å². The van der Waals surface area contributed by atoms with Crippen LogP contribution in [0.4, 0.5) is 0 Å². The minimum atomic E-state index is -0.166. The quantitative estimate of drug-likeness (QED) is 0.826. The number of aromatic nitrogens is 2. The first-order chi connectivity index (χ1) is 11.7. The summed E-state index contributed by atoms with van der Waals surface area (Å²) in [5, 5.41) is 4.85. The summed E-state index contributed by atoms with van der Waals surface area (Å²) in [6.07, 6.45) is 6.51. The van der Waals surface area contributed by atoms with Crippen molar-refractivity contribution in [2.75, 3.05) is 13.1 Å². The highest BCUT2D eigenvalue weighted by Crippen LogP contribution is 2.31. The molecular formula is C19H25N3OS. The fourth-order valence-electron chi connectivity index (χ4n) is 3.23. The molecule has 1 saturated heterocycles. The van der Waals surface area contributed by atoms with E-state index in [1.807, 2.05) is 35.8 Å². The Morgan fingerprint density at radius 3 is 2.75 bits per heavy atom. The predicted molar refractivity (Wildman–Crippen MR) is 98.2 cm³/mol. The van der Waals surface area contributed by atoms with Crippen LogP contribution >= 0.6 is 11.8 Å². The molecule has 1 aromatic carbocycles. The molecule has 3 rings (SSSR count). The molecule has 0 spiro atoms. The van der Waals surface area contributed by atoms with Gasteiger partial charge in [0.2, 0.25) is 5.91 Å². The molecule has 0 aliphatic carbocycles. The summed E-state index contributed by atoms with van der Waals surface area (Å²) < 4.78 is 1.79. The number of carbonyl (C=O) groups is 1. The minimum Gasteiger partial charge on any atom is -0.341 e. The van der Waals surface area contributed by atoms with Crippen molar-refractivity contribution in [3.8, 4) is 0 Å². The molecule has 4 nitrogen and oxygen atoms in total. The van der Waals surface area contributed by atoms with Crippen LogP contribution in [-0.4, -0.2) is 38.9 Å². The van der Waals surface area contributed by atoms with Gasteiger partial charge < -0.3 is 4.90 Å². The number of aryl methyl sites for hydroxylation is 1. The van der Waals surface area contributed by atoms with Gasteiger partial charge in [0.25, 0.3) is 0 Å². The van der Waals surface area contributed by atoms with E-state index in [2.05, 4.69) is 36.3 Å². The summed E-state index contributed by atoms with van der Waals surface area (Å²) in [7, 11) is 0. The molecule has 5 heteroatoms. The summed E-state index contributed by atoms with van der Waals surface area (Å²) in [5.41, 5.74) is 1.30. The molecule has 1 unspecified atom stereocenters. The van der Waals surface area contributed by atoms with Crippen molar-refractivity contribution < 1.29 is 4.79 Å². The van der Waals surface area contributed by atoms with Crippen LogP contribution in [0, 0.1) is 6.92 Å². The fourth-order valence-corrected chi connectivity index (χ4v) is 4.47. The van der Waals surface area contributed by atoms with Crippen molar-refractivity contribution in [3.05, 3.63) is 48.3 Å². The van der Waals surface area contributed by atoms with E-state index in [0.717, 1.165) is 32.4 Å². The van der Waals surface area contributed by atoms with Crippen molar-refractivity contribution in [1.82, 2.24) is 14.7 Å². The highest BCUT2D eigenvalue weighted by atomic mass is 32.2. The second-order valence-electron chi connectivity index (χ2n) is 6.37. The average molecular weight is 343 g/mol. The highest BCUT2D eigenvalue weighted by molar-refractivity contribution is 8.00. The maximum absolute atomic E-state index is 12.8. The first kappa shape index (κ1) is 17.1. The number of nitrogens with zero attached hydrogens (tertiary/aromatic N) is 3. The molecule has 1 atom stereocenters. The Hall–Kier alpha value is -1.75. The Balaban J connectivity index is 1.55. The molecule has 0 radical (unpaired) electrons. The zero-order valence-electron chi connectivity index (χ0n) is 14.4. The Kier molecular flexibility index (Phi) is 5.61. The lowest BCUT2D eigenvalue weighted by atomic mass is 10.1. The number of hydrogen-bond acceptors (Lipinski definition) is 3. The van der Waals surface area contributed by atoms with Gasteiger partial charge >= 0.3 is 0 Å². The zero-order valence-corrected chi connectivity index (χ0v) is 15.2. The number of hydrogen-bond donors (Lipinski definition) is 0. The van der Waals surface area contributed by atoms with Crippen LogP contribution in [0.25, 0.3) is 0 Å². The van der Waals surface area contributed by atoms with E-state index in [-0.39, 0.29) is 11.9 Å². The topological polar surface area (TPSA) is 38.1 Å². The Labute approximate surface area is 148 Å². The lowest BCUT2D eigenvalue weighted by Crippen LogP contribution is -2.43. The van der Waals surface area contributed by atoms with Crippen LogP contribution in [-0.2, 0) is 4.79 Å². The molecule has 1 amide bonds. The molecule has 1 fully saturated rings. The number of benzene rings is 1. The molecular weight excluding hydrogens is 318 g/mol. The monoisotopic (exact) mass is 343 g/mol. The van der Waals surface area contributed by atoms with Gasteiger partial charge in [0.05, 0.1) is 0 Å². The van der Waals surface area contributed by atoms with Crippen LogP contribution < -0.4 is 0 Å². The summed E-state index contributed by atoms with van der Waals surface area (Å²) in [5.74, 6) is 0.209. The third-order valence-corrected chi connectivity index (χ3v) is 5.89. The van der Waals surface area contributed by atoms with Gasteiger partial charge in [0, 0.05) is 35.6 Å². The van der Waals surface area contributed by atoms with Crippen molar-refractivity contribution >= 4 is 17.7 Å². The largest absolute Gasteiger partial charge is 0.341 e. The number of carbonyl (C=O) groups excluding carboxylic acids is 1. The molecule has 24 heavy (non-hydrogen) atoms. The molecule has 0 N–H and O–H groups in total. The lowest BCUT2D eigenvalue weighted by Gasteiger charge is -2.34. The van der Waals surface area contributed by atoms with E-state index in [1.165, 1.54) is 10.5 Å². The highest BCUT2D eigenvalue weighted by Gasteiger charge is 2.28. The van der Waals surface area contributed by atoms with Gasteiger partial charge in [-0.25, -0.2) is 0 Å². The predicted octanol–water partition coefficient (Wildman–Crippen LogP) is 3.93. The normalized spacial score (nSPS) is 17.0. The third kappa shape index (κ3) is 4.01. The van der Waals surface area contributed by atoms with Gasteiger partial charge in [-0.2, -0.15) is 5.10 Å². The van der Waals surface area contributed by atoms with Gasteiger partial charge in [-0.05, 0) is 44.4 Å². The fraction of sp³-hybridized carbons (Fsp3) is 0.474. The third-order valence-electron chi connectivity index (χ3n) is 4.56. The summed E-state index contributed by atoms with van der Waals surface area (Å²) in [4.78, 5) is 16.1.